The summed E-state index contributed by atoms with van der Waals surface area (Å²) in [7, 11) is 0. The lowest BCUT2D eigenvalue weighted by molar-refractivity contribution is 1.03. The number of aryl methyl sites for hydroxylation is 1. The Morgan fingerprint density at radius 1 is 1.54 bits per heavy atom. The van der Waals surface area contributed by atoms with Crippen molar-refractivity contribution in [3.8, 4) is 12.3 Å². The van der Waals surface area contributed by atoms with Crippen molar-refractivity contribution in [2.24, 2.45) is 0 Å². The third-order valence-corrected chi connectivity index (χ3v) is 2.22. The second-order valence-electron chi connectivity index (χ2n) is 3.00. The van der Waals surface area contributed by atoms with E-state index in [1.54, 1.807) is 0 Å². The van der Waals surface area contributed by atoms with Crippen molar-refractivity contribution in [1.82, 2.24) is 0 Å². The summed E-state index contributed by atoms with van der Waals surface area (Å²) in [6, 6.07) is 5.81. The molecule has 0 fully saturated rings. The minimum absolute atomic E-state index is 0.0422. The summed E-state index contributed by atoms with van der Waals surface area (Å²) in [6.45, 7) is 3.90. The van der Waals surface area contributed by atoms with Crippen LogP contribution >= 0.6 is 11.6 Å². The highest BCUT2D eigenvalue weighted by molar-refractivity contribution is 6.31. The molecule has 0 aliphatic carbocycles. The Balaban J connectivity index is 2.81. The average molecular weight is 194 g/mol. The van der Waals surface area contributed by atoms with Gasteiger partial charge in [0.2, 0.25) is 0 Å². The molecule has 0 aliphatic heterocycles. The molecule has 1 aromatic rings. The van der Waals surface area contributed by atoms with E-state index < -0.39 is 0 Å². The van der Waals surface area contributed by atoms with Gasteiger partial charge in [-0.2, -0.15) is 0 Å². The zero-order valence-corrected chi connectivity index (χ0v) is 8.52. The molecule has 0 radical (unpaired) electrons. The van der Waals surface area contributed by atoms with Crippen LogP contribution < -0.4 is 5.32 Å². The molecule has 13 heavy (non-hydrogen) atoms. The summed E-state index contributed by atoms with van der Waals surface area (Å²) < 4.78 is 0. The standard InChI is InChI=1S/C11H12ClN/c1-4-9(3)13-10-5-6-11(12)8(2)7-10/h1,5-7,9,13H,2-3H3. The van der Waals surface area contributed by atoms with Gasteiger partial charge in [0.1, 0.15) is 0 Å². The number of benzene rings is 1. The van der Waals surface area contributed by atoms with Crippen LogP contribution in [0.15, 0.2) is 18.2 Å². The molecule has 0 heterocycles. The highest BCUT2D eigenvalue weighted by atomic mass is 35.5. The van der Waals surface area contributed by atoms with Crippen LogP contribution in [0.2, 0.25) is 5.02 Å². The van der Waals surface area contributed by atoms with Gasteiger partial charge in [-0.1, -0.05) is 17.5 Å². The number of halogens is 1. The summed E-state index contributed by atoms with van der Waals surface area (Å²) in [4.78, 5) is 0. The quantitative estimate of drug-likeness (QED) is 0.712. The number of rotatable bonds is 2. The third-order valence-electron chi connectivity index (χ3n) is 1.79. The smallest absolute Gasteiger partial charge is 0.0845 e. The van der Waals surface area contributed by atoms with Crippen molar-refractivity contribution in [3.05, 3.63) is 28.8 Å². The zero-order valence-electron chi connectivity index (χ0n) is 7.76. The van der Waals surface area contributed by atoms with Gasteiger partial charge in [0.15, 0.2) is 0 Å². The van der Waals surface area contributed by atoms with Gasteiger partial charge in [-0.25, -0.2) is 0 Å². The minimum Gasteiger partial charge on any atom is -0.372 e. The van der Waals surface area contributed by atoms with E-state index in [0.717, 1.165) is 16.3 Å². The molecule has 1 aromatic carbocycles. The lowest BCUT2D eigenvalue weighted by Gasteiger charge is -2.10. The van der Waals surface area contributed by atoms with Crippen LogP contribution in [-0.4, -0.2) is 6.04 Å². The van der Waals surface area contributed by atoms with Crippen LogP contribution in [0, 0.1) is 19.3 Å². The van der Waals surface area contributed by atoms with E-state index in [-0.39, 0.29) is 6.04 Å². The lowest BCUT2D eigenvalue weighted by atomic mass is 10.2. The van der Waals surface area contributed by atoms with Crippen LogP contribution in [-0.2, 0) is 0 Å². The van der Waals surface area contributed by atoms with Crippen LogP contribution in [0.1, 0.15) is 12.5 Å². The van der Waals surface area contributed by atoms with Crippen molar-refractivity contribution in [2.75, 3.05) is 5.32 Å². The molecule has 1 N–H and O–H groups in total. The van der Waals surface area contributed by atoms with E-state index >= 15 is 0 Å². The van der Waals surface area contributed by atoms with Crippen molar-refractivity contribution < 1.29 is 0 Å². The van der Waals surface area contributed by atoms with Gasteiger partial charge in [-0.05, 0) is 37.6 Å². The molecule has 0 saturated carbocycles. The number of hydrogen-bond acceptors (Lipinski definition) is 1. The first kappa shape index (κ1) is 9.95. The first-order valence-electron chi connectivity index (χ1n) is 4.12. The molecule has 1 atom stereocenters. The fraction of sp³-hybridized carbons (Fsp3) is 0.273. The van der Waals surface area contributed by atoms with Crippen molar-refractivity contribution in [1.29, 1.82) is 0 Å². The van der Waals surface area contributed by atoms with E-state index in [0.29, 0.717) is 0 Å². The Hall–Kier alpha value is -1.13. The first-order valence-corrected chi connectivity index (χ1v) is 4.50. The third kappa shape index (κ3) is 2.68. The van der Waals surface area contributed by atoms with Gasteiger partial charge in [-0.3, -0.25) is 0 Å². The first-order chi connectivity index (χ1) is 6.13. The number of terminal acetylenes is 1. The number of hydrogen-bond donors (Lipinski definition) is 1. The van der Waals surface area contributed by atoms with Gasteiger partial charge < -0.3 is 5.32 Å². The molecule has 68 valence electrons. The molecular weight excluding hydrogens is 182 g/mol. The summed E-state index contributed by atoms with van der Waals surface area (Å²) in [5.74, 6) is 2.60. The molecular formula is C11H12ClN. The molecule has 0 saturated heterocycles. The summed E-state index contributed by atoms with van der Waals surface area (Å²) >= 11 is 5.88. The Kier molecular flexibility index (Phi) is 3.22. The monoisotopic (exact) mass is 193 g/mol. The predicted molar refractivity (Wildman–Crippen MR) is 58.1 cm³/mol. The molecule has 2 heteroatoms. The van der Waals surface area contributed by atoms with Crippen molar-refractivity contribution in [3.63, 3.8) is 0 Å². The maximum atomic E-state index is 5.88. The average Bonchev–Trinajstić information content (AvgIpc) is 2.11. The Morgan fingerprint density at radius 3 is 2.77 bits per heavy atom. The van der Waals surface area contributed by atoms with E-state index in [2.05, 4.69) is 11.2 Å². The van der Waals surface area contributed by atoms with E-state index in [1.165, 1.54) is 0 Å². The molecule has 1 unspecified atom stereocenters. The fourth-order valence-electron chi connectivity index (χ4n) is 1.03. The zero-order chi connectivity index (χ0) is 9.84. The Morgan fingerprint density at radius 2 is 2.23 bits per heavy atom. The van der Waals surface area contributed by atoms with Gasteiger partial charge in [0.25, 0.3) is 0 Å². The summed E-state index contributed by atoms with van der Waals surface area (Å²) in [5, 5.41) is 3.94. The molecule has 0 amide bonds. The Bertz CT molecular complexity index is 338. The van der Waals surface area contributed by atoms with Crippen molar-refractivity contribution in [2.45, 2.75) is 19.9 Å². The van der Waals surface area contributed by atoms with Gasteiger partial charge in [-0.15, -0.1) is 6.42 Å². The van der Waals surface area contributed by atoms with E-state index in [9.17, 15) is 0 Å². The molecule has 0 aliphatic rings. The van der Waals surface area contributed by atoms with Gasteiger partial charge in [0, 0.05) is 10.7 Å². The molecule has 1 rings (SSSR count). The SMILES string of the molecule is C#CC(C)Nc1ccc(Cl)c(C)c1. The molecule has 0 aromatic heterocycles. The van der Waals surface area contributed by atoms with Crippen LogP contribution in [0.4, 0.5) is 5.69 Å². The topological polar surface area (TPSA) is 12.0 Å². The maximum absolute atomic E-state index is 5.88. The molecule has 0 bridgehead atoms. The minimum atomic E-state index is 0.0422. The highest BCUT2D eigenvalue weighted by Crippen LogP contribution is 2.19. The van der Waals surface area contributed by atoms with E-state index in [4.69, 9.17) is 18.0 Å². The number of nitrogens with one attached hydrogen (secondary N) is 1. The lowest BCUT2D eigenvalue weighted by Crippen LogP contribution is -2.11. The fourth-order valence-corrected chi connectivity index (χ4v) is 1.14. The van der Waals surface area contributed by atoms with Gasteiger partial charge >= 0.3 is 0 Å². The summed E-state index contributed by atoms with van der Waals surface area (Å²) in [6.07, 6.45) is 5.25. The van der Waals surface area contributed by atoms with Crippen LogP contribution in [0.5, 0.6) is 0 Å². The largest absolute Gasteiger partial charge is 0.372 e. The normalized spacial score (nSPS) is 11.8. The van der Waals surface area contributed by atoms with E-state index in [1.807, 2.05) is 32.0 Å². The van der Waals surface area contributed by atoms with Crippen LogP contribution in [0.25, 0.3) is 0 Å². The second-order valence-corrected chi connectivity index (χ2v) is 3.40. The maximum Gasteiger partial charge on any atom is 0.0845 e. The summed E-state index contributed by atoms with van der Waals surface area (Å²) in [5.41, 5.74) is 2.06. The number of anilines is 1. The van der Waals surface area contributed by atoms with Crippen molar-refractivity contribution >= 4 is 17.3 Å². The molecule has 1 nitrogen and oxygen atoms in total. The predicted octanol–water partition coefficient (Wildman–Crippen LogP) is 3.08. The van der Waals surface area contributed by atoms with Crippen LogP contribution in [0.3, 0.4) is 0 Å². The van der Waals surface area contributed by atoms with Gasteiger partial charge in [0.05, 0.1) is 6.04 Å². The second kappa shape index (κ2) is 4.20. The molecule has 0 spiro atoms. The Labute approximate surface area is 84.1 Å². The highest BCUT2D eigenvalue weighted by Gasteiger charge is 1.99.